The number of nitrogens with zero attached hydrogens (tertiary/aromatic N) is 1. The van der Waals surface area contributed by atoms with Crippen LogP contribution in [0.2, 0.25) is 0 Å². The highest BCUT2D eigenvalue weighted by atomic mass is 16.4. The molecule has 0 saturated heterocycles. The minimum Gasteiger partial charge on any atom is -0.406 e. The molecule has 2 aromatic rings. The van der Waals surface area contributed by atoms with Crippen LogP contribution in [0.4, 0.5) is 0 Å². The van der Waals surface area contributed by atoms with E-state index in [1.807, 2.05) is 0 Å². The van der Waals surface area contributed by atoms with Crippen molar-refractivity contribution in [1.82, 2.24) is 0 Å². The second-order valence-electron chi connectivity index (χ2n) is 5.69. The number of aromatic nitrogens is 1. The molecule has 1 aliphatic rings. The zero-order valence-electron chi connectivity index (χ0n) is 12.1. The highest BCUT2D eigenvalue weighted by Crippen LogP contribution is 2.34. The lowest BCUT2D eigenvalue weighted by atomic mass is 10.1. The fourth-order valence-corrected chi connectivity index (χ4v) is 3.15. The van der Waals surface area contributed by atoms with Crippen LogP contribution in [0.15, 0.2) is 28.7 Å². The summed E-state index contributed by atoms with van der Waals surface area (Å²) in [4.78, 5) is 0. The highest BCUT2D eigenvalue weighted by molar-refractivity contribution is 5.33. The van der Waals surface area contributed by atoms with E-state index in [1.165, 1.54) is 42.6 Å². The van der Waals surface area contributed by atoms with Crippen molar-refractivity contribution in [3.05, 3.63) is 47.2 Å². The molecular formula is C17H22NO+. The fourth-order valence-electron chi connectivity index (χ4n) is 3.15. The first-order valence-corrected chi connectivity index (χ1v) is 7.26. The minimum atomic E-state index is 0.590. The summed E-state index contributed by atoms with van der Waals surface area (Å²) in [6.07, 6.45) is 5.19. The molecule has 1 aromatic heterocycles. The topological polar surface area (TPSA) is 17.0 Å². The summed E-state index contributed by atoms with van der Waals surface area (Å²) >= 11 is 0. The van der Waals surface area contributed by atoms with Gasteiger partial charge in [-0.1, -0.05) is 31.0 Å². The van der Waals surface area contributed by atoms with Gasteiger partial charge in [-0.15, -0.1) is 4.57 Å². The predicted molar refractivity (Wildman–Crippen MR) is 75.7 cm³/mol. The molecule has 2 heteroatoms. The summed E-state index contributed by atoms with van der Waals surface area (Å²) in [5, 5.41) is 0. The van der Waals surface area contributed by atoms with E-state index in [0.717, 1.165) is 11.7 Å². The first-order valence-electron chi connectivity index (χ1n) is 7.26. The minimum absolute atomic E-state index is 0.590. The molecule has 0 radical (unpaired) electrons. The number of hydrogen-bond acceptors (Lipinski definition) is 1. The molecule has 0 bridgehead atoms. The van der Waals surface area contributed by atoms with Gasteiger partial charge in [-0.2, -0.15) is 0 Å². The van der Waals surface area contributed by atoms with Crippen molar-refractivity contribution in [3.8, 4) is 5.69 Å². The van der Waals surface area contributed by atoms with Gasteiger partial charge in [0.05, 0.1) is 5.92 Å². The zero-order chi connectivity index (χ0) is 13.4. The molecule has 0 unspecified atom stereocenters. The van der Waals surface area contributed by atoms with Gasteiger partial charge in [-0.3, -0.25) is 0 Å². The fraction of sp³-hybridized carbons (Fsp3) is 0.471. The van der Waals surface area contributed by atoms with E-state index in [2.05, 4.69) is 49.6 Å². The average molecular weight is 256 g/mol. The van der Waals surface area contributed by atoms with Gasteiger partial charge < -0.3 is 4.42 Å². The first kappa shape index (κ1) is 12.5. The number of oxazole rings is 1. The summed E-state index contributed by atoms with van der Waals surface area (Å²) < 4.78 is 8.44. The van der Waals surface area contributed by atoms with Gasteiger partial charge in [0.1, 0.15) is 0 Å². The Hall–Kier alpha value is -1.57. The number of para-hydroxylation sites is 1. The van der Waals surface area contributed by atoms with Gasteiger partial charge in [-0.05, 0) is 19.8 Å². The Morgan fingerprint density at radius 1 is 1.05 bits per heavy atom. The maximum absolute atomic E-state index is 6.10. The van der Waals surface area contributed by atoms with Crippen LogP contribution in [-0.2, 0) is 0 Å². The quantitative estimate of drug-likeness (QED) is 0.738. The Balaban J connectivity index is 2.16. The van der Waals surface area contributed by atoms with Crippen molar-refractivity contribution in [3.63, 3.8) is 0 Å². The van der Waals surface area contributed by atoms with Crippen LogP contribution in [0.1, 0.15) is 54.5 Å². The third kappa shape index (κ3) is 2.09. The normalized spacial score (nSPS) is 16.2. The van der Waals surface area contributed by atoms with E-state index in [1.54, 1.807) is 0 Å². The molecule has 0 aliphatic heterocycles. The van der Waals surface area contributed by atoms with Crippen molar-refractivity contribution >= 4 is 0 Å². The largest absolute Gasteiger partial charge is 0.406 e. The first-order chi connectivity index (χ1) is 9.18. The third-order valence-electron chi connectivity index (χ3n) is 4.38. The lowest BCUT2D eigenvalue weighted by molar-refractivity contribution is -0.617. The molecule has 1 saturated carbocycles. The number of rotatable bonds is 2. The highest BCUT2D eigenvalue weighted by Gasteiger charge is 2.34. The van der Waals surface area contributed by atoms with Crippen LogP contribution in [0.5, 0.6) is 0 Å². The second-order valence-corrected chi connectivity index (χ2v) is 5.69. The number of hydrogen-bond donors (Lipinski definition) is 0. The van der Waals surface area contributed by atoms with Crippen LogP contribution < -0.4 is 4.57 Å². The van der Waals surface area contributed by atoms with E-state index in [4.69, 9.17) is 4.42 Å². The molecular weight excluding hydrogens is 234 g/mol. The summed E-state index contributed by atoms with van der Waals surface area (Å²) in [5.74, 6) is 2.79. The van der Waals surface area contributed by atoms with E-state index in [9.17, 15) is 0 Å². The van der Waals surface area contributed by atoms with Gasteiger partial charge in [-0.25, -0.2) is 0 Å². The molecule has 100 valence electrons. The molecule has 3 rings (SSSR count). The Morgan fingerprint density at radius 2 is 1.74 bits per heavy atom. The van der Waals surface area contributed by atoms with Crippen molar-refractivity contribution in [1.29, 1.82) is 0 Å². The molecule has 0 amide bonds. The smallest absolute Gasteiger partial charge is 0.356 e. The van der Waals surface area contributed by atoms with Crippen molar-refractivity contribution in [2.75, 3.05) is 0 Å². The van der Waals surface area contributed by atoms with Gasteiger partial charge in [0.2, 0.25) is 11.4 Å². The standard InChI is InChI=1S/C17H22NO/c1-12-8-4-7-11-16(12)18-13(2)14(3)19-17(18)15-9-5-6-10-15/h4,7-8,11,15H,5-6,9-10H2,1-3H3/q+1. The molecule has 1 heterocycles. The van der Waals surface area contributed by atoms with Crippen molar-refractivity contribution in [2.45, 2.75) is 52.4 Å². The summed E-state index contributed by atoms with van der Waals surface area (Å²) in [6, 6.07) is 8.56. The van der Waals surface area contributed by atoms with Crippen LogP contribution in [0.3, 0.4) is 0 Å². The van der Waals surface area contributed by atoms with Gasteiger partial charge >= 0.3 is 5.89 Å². The van der Waals surface area contributed by atoms with Crippen molar-refractivity contribution < 1.29 is 8.98 Å². The molecule has 0 N–H and O–H groups in total. The van der Waals surface area contributed by atoms with E-state index < -0.39 is 0 Å². The maximum Gasteiger partial charge on any atom is 0.356 e. The molecule has 1 aromatic carbocycles. The second kappa shape index (κ2) is 4.84. The molecule has 1 fully saturated rings. The van der Waals surface area contributed by atoms with Crippen molar-refractivity contribution in [2.24, 2.45) is 0 Å². The molecule has 19 heavy (non-hydrogen) atoms. The summed E-state index contributed by atoms with van der Waals surface area (Å²) in [6.45, 7) is 6.40. The van der Waals surface area contributed by atoms with Crippen LogP contribution >= 0.6 is 0 Å². The summed E-state index contributed by atoms with van der Waals surface area (Å²) in [5.41, 5.74) is 3.80. The Morgan fingerprint density at radius 3 is 2.42 bits per heavy atom. The van der Waals surface area contributed by atoms with E-state index in [0.29, 0.717) is 5.92 Å². The van der Waals surface area contributed by atoms with Crippen LogP contribution in [0.25, 0.3) is 5.69 Å². The van der Waals surface area contributed by atoms with Gasteiger partial charge in [0, 0.05) is 25.5 Å². The molecule has 0 atom stereocenters. The average Bonchev–Trinajstić information content (AvgIpc) is 3.01. The Bertz CT molecular complexity index is 591. The predicted octanol–water partition coefficient (Wildman–Crippen LogP) is 4.14. The number of aryl methyl sites for hydroxylation is 2. The SMILES string of the molecule is Cc1ccccc1-[n+]1c(C2CCCC2)oc(C)c1C. The number of benzene rings is 1. The van der Waals surface area contributed by atoms with Crippen LogP contribution in [-0.4, -0.2) is 0 Å². The van der Waals surface area contributed by atoms with Gasteiger partial charge in [0.25, 0.3) is 0 Å². The Labute approximate surface area is 115 Å². The molecule has 0 spiro atoms. The zero-order valence-corrected chi connectivity index (χ0v) is 12.1. The lowest BCUT2D eigenvalue weighted by Crippen LogP contribution is -2.38. The maximum atomic E-state index is 6.10. The summed E-state index contributed by atoms with van der Waals surface area (Å²) in [7, 11) is 0. The Kier molecular flexibility index (Phi) is 3.17. The monoisotopic (exact) mass is 256 g/mol. The van der Waals surface area contributed by atoms with E-state index in [-0.39, 0.29) is 0 Å². The molecule has 1 aliphatic carbocycles. The lowest BCUT2D eigenvalue weighted by Gasteiger charge is -2.04. The van der Waals surface area contributed by atoms with E-state index >= 15 is 0 Å². The van der Waals surface area contributed by atoms with Crippen LogP contribution in [0, 0.1) is 20.8 Å². The van der Waals surface area contributed by atoms with Gasteiger partial charge in [0.15, 0.2) is 5.76 Å². The molecule has 2 nitrogen and oxygen atoms in total. The third-order valence-corrected chi connectivity index (χ3v) is 4.38.